The molecule has 6 nitrogen and oxygen atoms in total. The molecule has 0 aliphatic carbocycles. The topological polar surface area (TPSA) is 53.0 Å². The Hall–Kier alpha value is -1.55. The predicted octanol–water partition coefficient (Wildman–Crippen LogP) is 3.41. The van der Waals surface area contributed by atoms with Crippen LogP contribution < -0.4 is 15.0 Å². The number of ether oxygens (including phenoxy) is 1. The number of thiazole rings is 1. The molecule has 2 heterocycles. The molecule has 8 heteroatoms. The van der Waals surface area contributed by atoms with Crippen LogP contribution in [0.25, 0.3) is 0 Å². The van der Waals surface area contributed by atoms with Crippen LogP contribution in [0.3, 0.4) is 0 Å². The fraction of sp³-hybridized carbons (Fsp3) is 0.500. The minimum atomic E-state index is 0. The molecule has 0 unspecified atom stereocenters. The average Bonchev–Trinajstić information content (AvgIpc) is 3.12. The highest BCUT2D eigenvalue weighted by molar-refractivity contribution is 14.0. The van der Waals surface area contributed by atoms with E-state index in [1.807, 2.05) is 18.3 Å². The van der Waals surface area contributed by atoms with Crippen molar-refractivity contribution in [2.24, 2.45) is 4.99 Å². The number of aromatic nitrogens is 1. The lowest BCUT2D eigenvalue weighted by Crippen LogP contribution is -2.52. The summed E-state index contributed by atoms with van der Waals surface area (Å²) in [7, 11) is 1.73. The Kier molecular flexibility index (Phi) is 9.30. The summed E-state index contributed by atoms with van der Waals surface area (Å²) in [6, 6.07) is 8.23. The van der Waals surface area contributed by atoms with Crippen molar-refractivity contribution >= 4 is 47.0 Å². The van der Waals surface area contributed by atoms with Gasteiger partial charge in [-0.15, -0.1) is 35.3 Å². The summed E-state index contributed by atoms with van der Waals surface area (Å²) in [5.74, 6) is 1.94. The van der Waals surface area contributed by atoms with Gasteiger partial charge in [-0.1, -0.05) is 12.1 Å². The quantitative estimate of drug-likeness (QED) is 0.363. The Morgan fingerprint density at radius 2 is 2.00 bits per heavy atom. The zero-order chi connectivity index (χ0) is 19.1. The number of guanidine groups is 1. The third kappa shape index (κ3) is 5.97. The molecular formula is C20H30IN5OS. The summed E-state index contributed by atoms with van der Waals surface area (Å²) in [6.07, 6.45) is 2.83. The van der Waals surface area contributed by atoms with Crippen molar-refractivity contribution in [1.29, 1.82) is 0 Å². The van der Waals surface area contributed by atoms with Gasteiger partial charge in [0.05, 0.1) is 17.8 Å². The molecule has 1 aliphatic rings. The zero-order valence-corrected chi connectivity index (χ0v) is 20.0. The number of anilines is 1. The number of hydrogen-bond acceptors (Lipinski definition) is 5. The number of halogens is 1. The van der Waals surface area contributed by atoms with E-state index in [0.717, 1.165) is 62.4 Å². The van der Waals surface area contributed by atoms with Gasteiger partial charge in [0, 0.05) is 56.8 Å². The van der Waals surface area contributed by atoms with Gasteiger partial charge in [-0.05, 0) is 26.0 Å². The number of nitrogens with zero attached hydrogens (tertiary/aromatic N) is 4. The van der Waals surface area contributed by atoms with Gasteiger partial charge in [0.15, 0.2) is 5.96 Å². The molecule has 1 saturated heterocycles. The van der Waals surface area contributed by atoms with Crippen LogP contribution in [0.5, 0.6) is 5.75 Å². The lowest BCUT2D eigenvalue weighted by atomic mass is 10.2. The van der Waals surface area contributed by atoms with Crippen molar-refractivity contribution < 1.29 is 4.74 Å². The summed E-state index contributed by atoms with van der Waals surface area (Å²) in [4.78, 5) is 15.2. The molecular weight excluding hydrogens is 485 g/mol. The number of hydrogen-bond donors (Lipinski definition) is 1. The first kappa shape index (κ1) is 22.7. The number of benzene rings is 1. The van der Waals surface area contributed by atoms with Crippen LogP contribution in [-0.4, -0.2) is 62.2 Å². The minimum absolute atomic E-state index is 0. The Labute approximate surface area is 189 Å². The fourth-order valence-corrected chi connectivity index (χ4v) is 4.03. The second-order valence-corrected chi connectivity index (χ2v) is 7.82. The highest BCUT2D eigenvalue weighted by Gasteiger charge is 2.21. The highest BCUT2D eigenvalue weighted by atomic mass is 127. The van der Waals surface area contributed by atoms with Gasteiger partial charge < -0.3 is 19.9 Å². The van der Waals surface area contributed by atoms with Crippen LogP contribution in [0.15, 0.2) is 35.5 Å². The molecule has 0 saturated carbocycles. The molecule has 0 bridgehead atoms. The molecule has 2 aromatic rings. The lowest BCUT2D eigenvalue weighted by molar-refractivity contribution is 0.367. The summed E-state index contributed by atoms with van der Waals surface area (Å²) in [5, 5.41) is 4.60. The van der Waals surface area contributed by atoms with E-state index >= 15 is 0 Å². The molecule has 0 spiro atoms. The summed E-state index contributed by atoms with van der Waals surface area (Å²) < 4.78 is 5.51. The second kappa shape index (κ2) is 11.5. The monoisotopic (exact) mass is 515 g/mol. The van der Waals surface area contributed by atoms with Crippen LogP contribution in [0, 0.1) is 6.92 Å². The van der Waals surface area contributed by atoms with E-state index in [4.69, 9.17) is 9.73 Å². The first-order chi connectivity index (χ1) is 13.2. The third-order valence-corrected chi connectivity index (χ3v) is 5.57. The van der Waals surface area contributed by atoms with Crippen molar-refractivity contribution in [3.8, 4) is 5.75 Å². The number of rotatable bonds is 6. The number of para-hydroxylation sites is 2. The van der Waals surface area contributed by atoms with Crippen molar-refractivity contribution in [2.75, 3.05) is 51.3 Å². The van der Waals surface area contributed by atoms with Gasteiger partial charge in [-0.3, -0.25) is 4.99 Å². The van der Waals surface area contributed by atoms with E-state index in [0.29, 0.717) is 0 Å². The Balaban J connectivity index is 0.00000280. The van der Waals surface area contributed by atoms with Gasteiger partial charge in [0.25, 0.3) is 0 Å². The molecule has 0 amide bonds. The van der Waals surface area contributed by atoms with Crippen molar-refractivity contribution in [1.82, 2.24) is 15.2 Å². The first-order valence-corrected chi connectivity index (χ1v) is 10.4. The molecule has 1 fully saturated rings. The standard InChI is InChI=1S/C20H29N5OS.HI/c1-4-21-20(22-10-9-19-23-15-16(2)27-19)25-13-11-24(12-14-25)17-7-5-6-8-18(17)26-3;/h5-8,15H,4,9-14H2,1-3H3,(H,21,22);1H. The fourth-order valence-electron chi connectivity index (χ4n) is 3.25. The average molecular weight is 515 g/mol. The van der Waals surface area contributed by atoms with E-state index in [1.165, 1.54) is 10.6 Å². The van der Waals surface area contributed by atoms with Crippen molar-refractivity contribution in [2.45, 2.75) is 20.3 Å². The van der Waals surface area contributed by atoms with Crippen molar-refractivity contribution in [3.63, 3.8) is 0 Å². The van der Waals surface area contributed by atoms with Crippen LogP contribution >= 0.6 is 35.3 Å². The summed E-state index contributed by atoms with van der Waals surface area (Å²) in [5.41, 5.74) is 1.17. The van der Waals surface area contributed by atoms with Crippen LogP contribution in [0.4, 0.5) is 5.69 Å². The molecule has 1 aromatic heterocycles. The molecule has 1 aliphatic heterocycles. The van der Waals surface area contributed by atoms with Gasteiger partial charge in [-0.2, -0.15) is 0 Å². The predicted molar refractivity (Wildman–Crippen MR) is 129 cm³/mol. The molecule has 1 N–H and O–H groups in total. The maximum atomic E-state index is 5.51. The normalized spacial score (nSPS) is 14.6. The van der Waals surface area contributed by atoms with Gasteiger partial charge in [-0.25, -0.2) is 4.98 Å². The number of nitrogens with one attached hydrogen (secondary N) is 1. The Morgan fingerprint density at radius 3 is 2.64 bits per heavy atom. The molecule has 1 aromatic carbocycles. The van der Waals surface area contributed by atoms with Crippen LogP contribution in [-0.2, 0) is 6.42 Å². The zero-order valence-electron chi connectivity index (χ0n) is 16.9. The van der Waals surface area contributed by atoms with Gasteiger partial charge in [0.2, 0.25) is 0 Å². The summed E-state index contributed by atoms with van der Waals surface area (Å²) in [6.45, 7) is 9.65. The maximum absolute atomic E-state index is 5.51. The minimum Gasteiger partial charge on any atom is -0.495 e. The van der Waals surface area contributed by atoms with Gasteiger partial charge >= 0.3 is 0 Å². The molecule has 28 heavy (non-hydrogen) atoms. The smallest absolute Gasteiger partial charge is 0.194 e. The van der Waals surface area contributed by atoms with Crippen molar-refractivity contribution in [3.05, 3.63) is 40.3 Å². The first-order valence-electron chi connectivity index (χ1n) is 9.53. The maximum Gasteiger partial charge on any atom is 0.194 e. The second-order valence-electron chi connectivity index (χ2n) is 6.50. The molecule has 154 valence electrons. The third-order valence-electron chi connectivity index (χ3n) is 4.60. The number of methoxy groups -OCH3 is 1. The molecule has 0 radical (unpaired) electrons. The van der Waals surface area contributed by atoms with Gasteiger partial charge in [0.1, 0.15) is 5.75 Å². The molecule has 3 rings (SSSR count). The lowest BCUT2D eigenvalue weighted by Gasteiger charge is -2.38. The van der Waals surface area contributed by atoms with E-state index in [9.17, 15) is 0 Å². The largest absolute Gasteiger partial charge is 0.495 e. The Bertz CT molecular complexity index is 759. The van der Waals surface area contributed by atoms with E-state index in [2.05, 4.69) is 46.1 Å². The van der Waals surface area contributed by atoms with E-state index in [-0.39, 0.29) is 24.0 Å². The number of aliphatic imine (C=N–C) groups is 1. The number of piperazine rings is 1. The van der Waals surface area contributed by atoms with Crippen LogP contribution in [0.1, 0.15) is 16.8 Å². The van der Waals surface area contributed by atoms with E-state index in [1.54, 1.807) is 18.4 Å². The number of aryl methyl sites for hydroxylation is 1. The van der Waals surface area contributed by atoms with E-state index < -0.39 is 0 Å². The Morgan fingerprint density at radius 1 is 1.25 bits per heavy atom. The van der Waals surface area contributed by atoms with Crippen LogP contribution in [0.2, 0.25) is 0 Å². The highest BCUT2D eigenvalue weighted by Crippen LogP contribution is 2.28. The SMILES string of the molecule is CCNC(=NCCc1ncc(C)s1)N1CCN(c2ccccc2OC)CC1.I. The molecule has 0 atom stereocenters. The summed E-state index contributed by atoms with van der Waals surface area (Å²) >= 11 is 1.76.